The number of aliphatic hydroxyl groups is 2. The average Bonchev–Trinajstić information content (AvgIpc) is 3.12. The Morgan fingerprint density at radius 3 is 1.41 bits per heavy atom. The van der Waals surface area contributed by atoms with E-state index in [1.165, 1.54) is 128 Å². The Morgan fingerprint density at radius 2 is 0.941 bits per heavy atom. The first kappa shape index (κ1) is 49.6. The Bertz CT molecular complexity index is 772. The van der Waals surface area contributed by atoms with Gasteiger partial charge in [-0.1, -0.05) is 187 Å². The first-order valence-electron chi connectivity index (χ1n) is 22.4. The minimum Gasteiger partial charge on any atom is -0.462 e. The highest BCUT2D eigenvalue weighted by Gasteiger charge is 2.24. The Hall–Kier alpha value is -1.40. The first-order valence-corrected chi connectivity index (χ1v) is 22.4. The van der Waals surface area contributed by atoms with Crippen molar-refractivity contribution in [3.63, 3.8) is 0 Å². The zero-order valence-corrected chi connectivity index (χ0v) is 34.3. The number of aliphatic hydroxyl groups excluding tert-OH is 2. The molecule has 6 nitrogen and oxygen atoms in total. The van der Waals surface area contributed by atoms with Gasteiger partial charge >= 0.3 is 5.97 Å². The van der Waals surface area contributed by atoms with Crippen LogP contribution in [0.1, 0.15) is 239 Å². The quantitative estimate of drug-likeness (QED) is 0.0332. The van der Waals surface area contributed by atoms with Gasteiger partial charge in [0.05, 0.1) is 25.2 Å². The van der Waals surface area contributed by atoms with E-state index in [1.54, 1.807) is 0 Å². The largest absolute Gasteiger partial charge is 0.462 e. The maximum atomic E-state index is 13.1. The van der Waals surface area contributed by atoms with Gasteiger partial charge in [-0.25, -0.2) is 0 Å². The fourth-order valence-corrected chi connectivity index (χ4v) is 6.89. The SMILES string of the molecule is CCCCCC/C=C\CCCCCCCC(CC(=O)NC(CO)C(O)CCCCCCCCCCC)OC(=O)CCCCCCCCCCCC. The number of allylic oxidation sites excluding steroid dienone is 2. The van der Waals surface area contributed by atoms with E-state index in [0.717, 1.165) is 64.2 Å². The van der Waals surface area contributed by atoms with Crippen LogP contribution in [0.4, 0.5) is 0 Å². The number of hydrogen-bond acceptors (Lipinski definition) is 5. The molecule has 1 amide bonds. The second-order valence-corrected chi connectivity index (χ2v) is 15.5. The van der Waals surface area contributed by atoms with Gasteiger partial charge < -0.3 is 20.3 Å². The van der Waals surface area contributed by atoms with E-state index in [2.05, 4.69) is 38.2 Å². The molecule has 0 bridgehead atoms. The number of unbranched alkanes of at least 4 members (excludes halogenated alkanes) is 26. The highest BCUT2D eigenvalue weighted by molar-refractivity contribution is 5.77. The van der Waals surface area contributed by atoms with Gasteiger partial charge in [0.1, 0.15) is 6.10 Å². The van der Waals surface area contributed by atoms with Crippen molar-refractivity contribution in [2.45, 2.75) is 257 Å². The van der Waals surface area contributed by atoms with Gasteiger partial charge in [0.25, 0.3) is 0 Å². The fraction of sp³-hybridized carbons (Fsp3) is 0.911. The zero-order valence-electron chi connectivity index (χ0n) is 34.3. The summed E-state index contributed by atoms with van der Waals surface area (Å²) in [7, 11) is 0. The third kappa shape index (κ3) is 35.4. The predicted octanol–water partition coefficient (Wildman–Crippen LogP) is 12.6. The van der Waals surface area contributed by atoms with Crippen LogP contribution in [0.2, 0.25) is 0 Å². The number of carbonyl (C=O) groups is 2. The molecule has 0 heterocycles. The molecule has 0 aromatic carbocycles. The highest BCUT2D eigenvalue weighted by Crippen LogP contribution is 2.17. The number of nitrogens with one attached hydrogen (secondary N) is 1. The van der Waals surface area contributed by atoms with Gasteiger partial charge in [-0.15, -0.1) is 0 Å². The summed E-state index contributed by atoms with van der Waals surface area (Å²) in [6.45, 7) is 6.43. The molecule has 0 fully saturated rings. The molecule has 0 aliphatic carbocycles. The summed E-state index contributed by atoms with van der Waals surface area (Å²) in [5.41, 5.74) is 0. The number of hydrogen-bond donors (Lipinski definition) is 3. The Morgan fingerprint density at radius 1 is 0.549 bits per heavy atom. The number of rotatable bonds is 40. The predicted molar refractivity (Wildman–Crippen MR) is 218 cm³/mol. The maximum Gasteiger partial charge on any atom is 0.306 e. The smallest absolute Gasteiger partial charge is 0.306 e. The molecule has 0 aromatic rings. The summed E-state index contributed by atoms with van der Waals surface area (Å²) in [5, 5.41) is 23.5. The van der Waals surface area contributed by atoms with Crippen LogP contribution in [0.15, 0.2) is 12.2 Å². The van der Waals surface area contributed by atoms with Crippen molar-refractivity contribution < 1.29 is 24.5 Å². The molecule has 3 atom stereocenters. The van der Waals surface area contributed by atoms with E-state index < -0.39 is 18.2 Å². The Kier molecular flexibility index (Phi) is 38.7. The second-order valence-electron chi connectivity index (χ2n) is 15.5. The van der Waals surface area contributed by atoms with Crippen LogP contribution in [0.3, 0.4) is 0 Å². The van der Waals surface area contributed by atoms with Crippen molar-refractivity contribution in [3.8, 4) is 0 Å². The molecular weight excluding hydrogens is 634 g/mol. The summed E-state index contributed by atoms with van der Waals surface area (Å²) in [6, 6.07) is -0.695. The molecule has 0 spiro atoms. The normalized spacial score (nSPS) is 13.4. The van der Waals surface area contributed by atoms with Gasteiger partial charge in [-0.3, -0.25) is 9.59 Å². The van der Waals surface area contributed by atoms with Gasteiger partial charge in [0, 0.05) is 6.42 Å². The molecule has 0 radical (unpaired) electrons. The molecule has 0 aliphatic rings. The lowest BCUT2D eigenvalue weighted by atomic mass is 10.0. The molecule has 6 heteroatoms. The number of carbonyl (C=O) groups excluding carboxylic acids is 2. The summed E-state index contributed by atoms with van der Waals surface area (Å²) < 4.78 is 5.89. The van der Waals surface area contributed by atoms with Crippen molar-refractivity contribution in [1.82, 2.24) is 5.32 Å². The van der Waals surface area contributed by atoms with Crippen molar-refractivity contribution >= 4 is 11.9 Å². The molecule has 0 rings (SSSR count). The van der Waals surface area contributed by atoms with E-state index in [-0.39, 0.29) is 24.9 Å². The van der Waals surface area contributed by atoms with Crippen molar-refractivity contribution in [2.75, 3.05) is 6.61 Å². The number of esters is 1. The summed E-state index contributed by atoms with van der Waals surface area (Å²) in [5.74, 6) is -0.476. The van der Waals surface area contributed by atoms with E-state index in [4.69, 9.17) is 4.74 Å². The van der Waals surface area contributed by atoms with Crippen LogP contribution >= 0.6 is 0 Å². The molecule has 302 valence electrons. The van der Waals surface area contributed by atoms with E-state index >= 15 is 0 Å². The third-order valence-electron chi connectivity index (χ3n) is 10.3. The summed E-state index contributed by atoms with van der Waals surface area (Å²) in [6.07, 6.45) is 41.3. The van der Waals surface area contributed by atoms with Crippen molar-refractivity contribution in [2.24, 2.45) is 0 Å². The van der Waals surface area contributed by atoms with Crippen molar-refractivity contribution in [3.05, 3.63) is 12.2 Å². The average molecular weight is 722 g/mol. The van der Waals surface area contributed by atoms with Crippen LogP contribution in [-0.2, 0) is 14.3 Å². The third-order valence-corrected chi connectivity index (χ3v) is 10.3. The van der Waals surface area contributed by atoms with E-state index in [1.807, 2.05) is 0 Å². The fourth-order valence-electron chi connectivity index (χ4n) is 6.89. The van der Waals surface area contributed by atoms with Crippen LogP contribution < -0.4 is 5.32 Å². The van der Waals surface area contributed by atoms with Crippen LogP contribution in [0, 0.1) is 0 Å². The summed E-state index contributed by atoms with van der Waals surface area (Å²) in [4.78, 5) is 25.9. The minimum atomic E-state index is -0.781. The lowest BCUT2D eigenvalue weighted by Gasteiger charge is -2.24. The van der Waals surface area contributed by atoms with E-state index in [9.17, 15) is 19.8 Å². The summed E-state index contributed by atoms with van der Waals surface area (Å²) >= 11 is 0. The lowest BCUT2D eigenvalue weighted by Crippen LogP contribution is -2.46. The maximum absolute atomic E-state index is 13.1. The van der Waals surface area contributed by atoms with Gasteiger partial charge in [0.2, 0.25) is 5.91 Å². The molecule has 3 N–H and O–H groups in total. The number of amides is 1. The topological polar surface area (TPSA) is 95.9 Å². The van der Waals surface area contributed by atoms with Crippen LogP contribution in [-0.4, -0.2) is 46.9 Å². The molecule has 0 saturated carbocycles. The standard InChI is InChI=1S/C45H87NO5/c1-4-7-10-13-16-19-21-22-23-25-27-30-33-36-41(51-45(50)38-35-32-29-26-20-17-14-11-8-5-2)39-44(49)46-42(40-47)43(48)37-34-31-28-24-18-15-12-9-6-3/h19,21,41-43,47-48H,4-18,20,22-40H2,1-3H3,(H,46,49)/b21-19-. The highest BCUT2D eigenvalue weighted by atomic mass is 16.5. The Labute approximate surface area is 317 Å². The van der Waals surface area contributed by atoms with Gasteiger partial charge in [0.15, 0.2) is 0 Å². The molecule has 3 unspecified atom stereocenters. The first-order chi connectivity index (χ1) is 25.0. The molecule has 51 heavy (non-hydrogen) atoms. The number of ether oxygens (including phenoxy) is 1. The van der Waals surface area contributed by atoms with Gasteiger partial charge in [-0.05, 0) is 51.4 Å². The zero-order chi connectivity index (χ0) is 37.5. The monoisotopic (exact) mass is 722 g/mol. The molecule has 0 saturated heterocycles. The van der Waals surface area contributed by atoms with Crippen LogP contribution in [0.25, 0.3) is 0 Å². The molecule has 0 aliphatic heterocycles. The lowest BCUT2D eigenvalue weighted by molar-refractivity contribution is -0.151. The molecule has 0 aromatic heterocycles. The Balaban J connectivity index is 4.60. The van der Waals surface area contributed by atoms with Crippen LogP contribution in [0.5, 0.6) is 0 Å². The van der Waals surface area contributed by atoms with E-state index in [0.29, 0.717) is 19.3 Å². The molecular formula is C45H87NO5. The van der Waals surface area contributed by atoms with Crippen molar-refractivity contribution in [1.29, 1.82) is 0 Å². The minimum absolute atomic E-state index is 0.0775. The second kappa shape index (κ2) is 39.8. The van der Waals surface area contributed by atoms with Gasteiger partial charge in [-0.2, -0.15) is 0 Å².